The molecule has 124 valence electrons. The number of anilines is 3. The van der Waals surface area contributed by atoms with Crippen molar-refractivity contribution in [1.29, 1.82) is 0 Å². The molecule has 0 aliphatic rings. The van der Waals surface area contributed by atoms with Crippen LogP contribution < -0.4 is 16.4 Å². The molecule has 0 bridgehead atoms. The van der Waals surface area contributed by atoms with Crippen LogP contribution in [0.1, 0.15) is 15.9 Å². The highest BCUT2D eigenvalue weighted by atomic mass is 32.1. The van der Waals surface area contributed by atoms with E-state index in [4.69, 9.17) is 18.0 Å². The summed E-state index contributed by atoms with van der Waals surface area (Å²) in [5.74, 6) is -0.182. The maximum Gasteiger partial charge on any atom is 0.255 e. The number of rotatable bonds is 5. The Hall–Kier alpha value is -3.18. The van der Waals surface area contributed by atoms with E-state index in [1.807, 2.05) is 54.6 Å². The molecule has 3 rings (SSSR count). The Kier molecular flexibility index (Phi) is 5.06. The predicted molar refractivity (Wildman–Crippen MR) is 106 cm³/mol. The largest absolute Gasteiger partial charge is 0.389 e. The fourth-order valence-electron chi connectivity index (χ4n) is 2.31. The molecule has 0 heterocycles. The molecule has 3 aromatic rings. The Bertz CT molecular complexity index is 875. The van der Waals surface area contributed by atoms with Gasteiger partial charge in [0.05, 0.1) is 0 Å². The Balaban J connectivity index is 1.64. The van der Waals surface area contributed by atoms with E-state index in [2.05, 4.69) is 10.6 Å². The zero-order valence-corrected chi connectivity index (χ0v) is 14.2. The van der Waals surface area contributed by atoms with Crippen molar-refractivity contribution in [2.75, 3.05) is 10.6 Å². The van der Waals surface area contributed by atoms with E-state index < -0.39 is 0 Å². The monoisotopic (exact) mass is 347 g/mol. The number of carbonyl (C=O) groups is 1. The van der Waals surface area contributed by atoms with Crippen molar-refractivity contribution in [2.45, 2.75) is 0 Å². The SMILES string of the molecule is NC(=S)c1ccc(C(=O)Nc2ccc(Nc3ccccc3)cc2)cc1. The van der Waals surface area contributed by atoms with Crippen LogP contribution in [0.25, 0.3) is 0 Å². The van der Waals surface area contributed by atoms with Gasteiger partial charge in [0.2, 0.25) is 0 Å². The van der Waals surface area contributed by atoms with Gasteiger partial charge < -0.3 is 16.4 Å². The molecule has 1 amide bonds. The quantitative estimate of drug-likeness (QED) is 0.602. The highest BCUT2D eigenvalue weighted by Gasteiger charge is 2.07. The lowest BCUT2D eigenvalue weighted by atomic mass is 10.1. The zero-order valence-electron chi connectivity index (χ0n) is 13.4. The van der Waals surface area contributed by atoms with E-state index in [9.17, 15) is 4.79 Å². The zero-order chi connectivity index (χ0) is 17.6. The van der Waals surface area contributed by atoms with E-state index in [0.717, 1.165) is 22.6 Å². The Morgan fingerprint density at radius 2 is 1.24 bits per heavy atom. The molecule has 0 fully saturated rings. The Morgan fingerprint density at radius 1 is 0.720 bits per heavy atom. The van der Waals surface area contributed by atoms with E-state index in [1.54, 1.807) is 24.3 Å². The van der Waals surface area contributed by atoms with Gasteiger partial charge in [-0.25, -0.2) is 0 Å². The first kappa shape index (κ1) is 16.7. The molecular formula is C20H17N3OS. The number of para-hydroxylation sites is 1. The number of thiocarbonyl (C=S) groups is 1. The van der Waals surface area contributed by atoms with Gasteiger partial charge in [0, 0.05) is 28.2 Å². The average Bonchev–Trinajstić information content (AvgIpc) is 2.64. The van der Waals surface area contributed by atoms with Crippen LogP contribution in [0.4, 0.5) is 17.1 Å². The van der Waals surface area contributed by atoms with Crippen molar-refractivity contribution in [3.8, 4) is 0 Å². The number of benzene rings is 3. The first-order chi connectivity index (χ1) is 12.1. The highest BCUT2D eigenvalue weighted by molar-refractivity contribution is 7.80. The summed E-state index contributed by atoms with van der Waals surface area (Å²) < 4.78 is 0. The summed E-state index contributed by atoms with van der Waals surface area (Å²) in [4.78, 5) is 12.6. The van der Waals surface area contributed by atoms with Crippen LogP contribution in [0.5, 0.6) is 0 Å². The summed E-state index contributed by atoms with van der Waals surface area (Å²) in [6.45, 7) is 0. The molecule has 0 unspecified atom stereocenters. The third kappa shape index (κ3) is 4.43. The number of amides is 1. The van der Waals surface area contributed by atoms with E-state index in [0.29, 0.717) is 10.6 Å². The fourth-order valence-corrected chi connectivity index (χ4v) is 2.45. The molecule has 0 aliphatic heterocycles. The van der Waals surface area contributed by atoms with Crippen molar-refractivity contribution >= 4 is 40.2 Å². The maximum atomic E-state index is 12.3. The molecule has 0 aromatic heterocycles. The molecule has 4 N–H and O–H groups in total. The van der Waals surface area contributed by atoms with Crippen LogP contribution in [-0.2, 0) is 0 Å². The molecule has 25 heavy (non-hydrogen) atoms. The van der Waals surface area contributed by atoms with Crippen LogP contribution >= 0.6 is 12.2 Å². The molecule has 4 nitrogen and oxygen atoms in total. The summed E-state index contributed by atoms with van der Waals surface area (Å²) in [6, 6.07) is 24.3. The van der Waals surface area contributed by atoms with Crippen molar-refractivity contribution < 1.29 is 4.79 Å². The standard InChI is InChI=1S/C20H17N3OS/c21-19(25)14-6-8-15(9-7-14)20(24)23-18-12-10-17(11-13-18)22-16-4-2-1-3-5-16/h1-13,22H,(H2,21,25)(H,23,24). The minimum Gasteiger partial charge on any atom is -0.389 e. The van der Waals surface area contributed by atoms with Gasteiger partial charge in [-0.3, -0.25) is 4.79 Å². The third-order valence-corrected chi connectivity index (χ3v) is 3.87. The van der Waals surface area contributed by atoms with Gasteiger partial charge in [0.1, 0.15) is 4.99 Å². The highest BCUT2D eigenvalue weighted by Crippen LogP contribution is 2.19. The minimum absolute atomic E-state index is 0.182. The smallest absolute Gasteiger partial charge is 0.255 e. The second-order valence-electron chi connectivity index (χ2n) is 5.46. The molecule has 0 aliphatic carbocycles. The molecule has 0 atom stereocenters. The van der Waals surface area contributed by atoms with Gasteiger partial charge in [-0.1, -0.05) is 42.5 Å². The van der Waals surface area contributed by atoms with Gasteiger partial charge >= 0.3 is 0 Å². The van der Waals surface area contributed by atoms with Crippen molar-refractivity contribution in [3.63, 3.8) is 0 Å². The van der Waals surface area contributed by atoms with Gasteiger partial charge in [0.15, 0.2) is 0 Å². The predicted octanol–water partition coefficient (Wildman–Crippen LogP) is 4.32. The second kappa shape index (κ2) is 7.59. The molecule has 3 aromatic carbocycles. The van der Waals surface area contributed by atoms with Crippen LogP contribution in [0.2, 0.25) is 0 Å². The normalized spacial score (nSPS) is 10.1. The number of carbonyl (C=O) groups excluding carboxylic acids is 1. The maximum absolute atomic E-state index is 12.3. The molecule has 0 spiro atoms. The topological polar surface area (TPSA) is 67.2 Å². The first-order valence-corrected chi connectivity index (χ1v) is 8.16. The van der Waals surface area contributed by atoms with Crippen LogP contribution in [0.15, 0.2) is 78.9 Å². The average molecular weight is 347 g/mol. The summed E-state index contributed by atoms with van der Waals surface area (Å²) in [5, 5.41) is 6.16. The van der Waals surface area contributed by atoms with E-state index in [-0.39, 0.29) is 5.91 Å². The summed E-state index contributed by atoms with van der Waals surface area (Å²) >= 11 is 4.91. The number of hydrogen-bond donors (Lipinski definition) is 3. The number of nitrogens with two attached hydrogens (primary N) is 1. The lowest BCUT2D eigenvalue weighted by molar-refractivity contribution is 0.102. The van der Waals surface area contributed by atoms with Crippen LogP contribution in [0.3, 0.4) is 0 Å². The van der Waals surface area contributed by atoms with Gasteiger partial charge in [-0.05, 0) is 48.5 Å². The van der Waals surface area contributed by atoms with E-state index in [1.165, 1.54) is 0 Å². The van der Waals surface area contributed by atoms with Crippen molar-refractivity contribution in [1.82, 2.24) is 0 Å². The molecule has 0 saturated carbocycles. The lowest BCUT2D eigenvalue weighted by Crippen LogP contribution is -2.13. The molecule has 0 radical (unpaired) electrons. The number of nitrogens with one attached hydrogen (secondary N) is 2. The lowest BCUT2D eigenvalue weighted by Gasteiger charge is -2.09. The molecule has 0 saturated heterocycles. The second-order valence-corrected chi connectivity index (χ2v) is 5.90. The van der Waals surface area contributed by atoms with Crippen molar-refractivity contribution in [2.24, 2.45) is 5.73 Å². The van der Waals surface area contributed by atoms with Crippen LogP contribution in [-0.4, -0.2) is 10.9 Å². The Morgan fingerprint density at radius 3 is 1.84 bits per heavy atom. The van der Waals surface area contributed by atoms with Crippen LogP contribution in [0, 0.1) is 0 Å². The van der Waals surface area contributed by atoms with Gasteiger partial charge in [-0.2, -0.15) is 0 Å². The third-order valence-electron chi connectivity index (χ3n) is 3.64. The van der Waals surface area contributed by atoms with Gasteiger partial charge in [-0.15, -0.1) is 0 Å². The minimum atomic E-state index is -0.182. The van der Waals surface area contributed by atoms with E-state index >= 15 is 0 Å². The summed E-state index contributed by atoms with van der Waals surface area (Å²) in [6.07, 6.45) is 0. The fraction of sp³-hybridized carbons (Fsp3) is 0. The molecular weight excluding hydrogens is 330 g/mol. The molecule has 5 heteroatoms. The summed E-state index contributed by atoms with van der Waals surface area (Å²) in [7, 11) is 0. The summed E-state index contributed by atoms with van der Waals surface area (Å²) in [5.41, 5.74) is 9.53. The Labute approximate surface area is 151 Å². The van der Waals surface area contributed by atoms with Gasteiger partial charge in [0.25, 0.3) is 5.91 Å². The number of hydrogen-bond acceptors (Lipinski definition) is 3. The van der Waals surface area contributed by atoms with Crippen molar-refractivity contribution in [3.05, 3.63) is 90.0 Å². The first-order valence-electron chi connectivity index (χ1n) is 7.75.